The second-order valence-electron chi connectivity index (χ2n) is 7.62. The zero-order valence-electron chi connectivity index (χ0n) is 16.2. The third kappa shape index (κ3) is 4.54. The van der Waals surface area contributed by atoms with Crippen LogP contribution < -0.4 is 0 Å². The van der Waals surface area contributed by atoms with Gasteiger partial charge in [-0.15, -0.1) is 10.2 Å². The molecule has 3 aromatic rings. The van der Waals surface area contributed by atoms with E-state index >= 15 is 0 Å². The Hall–Kier alpha value is -2.37. The highest BCUT2D eigenvalue weighted by atomic mass is 35.5. The molecule has 3 rings (SSSR count). The molecular weight excluding hydrogens is 397 g/mol. The highest BCUT2D eigenvalue weighted by Gasteiger charge is 2.18. The van der Waals surface area contributed by atoms with Crippen LogP contribution >= 0.6 is 23.2 Å². The molecule has 1 heterocycles. The van der Waals surface area contributed by atoms with Crippen molar-refractivity contribution in [1.29, 1.82) is 0 Å². The average molecular weight is 418 g/mol. The molecular formula is C21H21Cl2N3O2. The summed E-state index contributed by atoms with van der Waals surface area (Å²) in [6.07, 6.45) is 0. The topological polar surface area (TPSA) is 59.2 Å². The Labute approximate surface area is 174 Å². The fraction of sp³-hybridized carbons (Fsp3) is 0.286. The van der Waals surface area contributed by atoms with Crippen molar-refractivity contribution in [1.82, 2.24) is 15.1 Å². The standard InChI is InChI=1S/C21H21Cl2N3O2/c1-21(2,3)15-8-5-13(6-9-15)19-25-24-18(28-19)12-26(4)20(27)14-7-10-16(22)17(23)11-14/h5-11H,12H2,1-4H3. The second-order valence-corrected chi connectivity index (χ2v) is 8.43. The molecule has 0 atom stereocenters. The zero-order valence-corrected chi connectivity index (χ0v) is 17.7. The highest BCUT2D eigenvalue weighted by molar-refractivity contribution is 6.42. The van der Waals surface area contributed by atoms with Gasteiger partial charge in [-0.1, -0.05) is 56.1 Å². The lowest BCUT2D eigenvalue weighted by molar-refractivity contribution is 0.0773. The van der Waals surface area contributed by atoms with Gasteiger partial charge in [0.2, 0.25) is 11.8 Å². The second kappa shape index (κ2) is 7.94. The maximum Gasteiger partial charge on any atom is 0.254 e. The molecule has 0 aliphatic rings. The van der Waals surface area contributed by atoms with Gasteiger partial charge >= 0.3 is 0 Å². The summed E-state index contributed by atoms with van der Waals surface area (Å²) in [5, 5.41) is 8.89. The molecule has 0 aliphatic heterocycles. The number of hydrogen-bond acceptors (Lipinski definition) is 4. The first-order chi connectivity index (χ1) is 13.1. The van der Waals surface area contributed by atoms with Crippen molar-refractivity contribution in [2.75, 3.05) is 7.05 Å². The number of aromatic nitrogens is 2. The first kappa shape index (κ1) is 20.4. The van der Waals surface area contributed by atoms with Crippen molar-refractivity contribution in [3.8, 4) is 11.5 Å². The largest absolute Gasteiger partial charge is 0.419 e. The van der Waals surface area contributed by atoms with Gasteiger partial charge in [-0.2, -0.15) is 0 Å². The molecule has 0 unspecified atom stereocenters. The monoisotopic (exact) mass is 417 g/mol. The molecule has 0 fully saturated rings. The number of halogens is 2. The summed E-state index contributed by atoms with van der Waals surface area (Å²) in [5.41, 5.74) is 2.58. The molecule has 0 saturated carbocycles. The normalized spacial score (nSPS) is 11.5. The van der Waals surface area contributed by atoms with Crippen molar-refractivity contribution < 1.29 is 9.21 Å². The first-order valence-electron chi connectivity index (χ1n) is 8.79. The van der Waals surface area contributed by atoms with E-state index in [0.717, 1.165) is 5.56 Å². The molecule has 5 nitrogen and oxygen atoms in total. The van der Waals surface area contributed by atoms with Gasteiger partial charge in [-0.05, 0) is 41.3 Å². The molecule has 7 heteroatoms. The lowest BCUT2D eigenvalue weighted by Crippen LogP contribution is -2.26. The molecule has 2 aromatic carbocycles. The van der Waals surface area contributed by atoms with E-state index in [2.05, 4.69) is 43.1 Å². The molecule has 146 valence electrons. The summed E-state index contributed by atoms with van der Waals surface area (Å²) < 4.78 is 5.73. The predicted octanol–water partition coefficient (Wildman–Crippen LogP) is 5.61. The molecule has 0 saturated heterocycles. The van der Waals surface area contributed by atoms with Gasteiger partial charge < -0.3 is 9.32 Å². The van der Waals surface area contributed by atoms with Crippen LogP contribution in [0.1, 0.15) is 42.6 Å². The molecule has 0 bridgehead atoms. The smallest absolute Gasteiger partial charge is 0.254 e. The van der Waals surface area contributed by atoms with Crippen LogP contribution in [0.3, 0.4) is 0 Å². The van der Waals surface area contributed by atoms with Crippen LogP contribution in [0.4, 0.5) is 0 Å². The summed E-state index contributed by atoms with van der Waals surface area (Å²) in [6, 6.07) is 12.8. The van der Waals surface area contributed by atoms with Gasteiger partial charge in [-0.25, -0.2) is 0 Å². The van der Waals surface area contributed by atoms with Crippen LogP contribution in [0.25, 0.3) is 11.5 Å². The van der Waals surface area contributed by atoms with Crippen LogP contribution in [0.5, 0.6) is 0 Å². The summed E-state index contributed by atoms with van der Waals surface area (Å²) in [7, 11) is 1.66. The van der Waals surface area contributed by atoms with E-state index in [-0.39, 0.29) is 17.9 Å². The van der Waals surface area contributed by atoms with E-state index in [4.69, 9.17) is 27.6 Å². The van der Waals surface area contributed by atoms with E-state index in [0.29, 0.717) is 27.4 Å². The lowest BCUT2D eigenvalue weighted by atomic mass is 9.87. The summed E-state index contributed by atoms with van der Waals surface area (Å²) in [5.74, 6) is 0.560. The number of carbonyl (C=O) groups excluding carboxylic acids is 1. The fourth-order valence-corrected chi connectivity index (χ4v) is 2.97. The molecule has 28 heavy (non-hydrogen) atoms. The van der Waals surface area contributed by atoms with E-state index in [1.54, 1.807) is 25.2 Å². The SMILES string of the molecule is CN(Cc1nnc(-c2ccc(C(C)(C)C)cc2)o1)C(=O)c1ccc(Cl)c(Cl)c1. The molecule has 1 amide bonds. The third-order valence-corrected chi connectivity index (χ3v) is 5.09. The van der Waals surface area contributed by atoms with Crippen molar-refractivity contribution >= 4 is 29.1 Å². The van der Waals surface area contributed by atoms with Gasteiger partial charge in [0.05, 0.1) is 16.6 Å². The minimum absolute atomic E-state index is 0.0756. The van der Waals surface area contributed by atoms with E-state index in [1.807, 2.05) is 12.1 Å². The van der Waals surface area contributed by atoms with Crippen molar-refractivity contribution in [3.63, 3.8) is 0 Å². The van der Waals surface area contributed by atoms with Gasteiger partial charge in [0, 0.05) is 18.2 Å². The van der Waals surface area contributed by atoms with Crippen LogP contribution in [-0.4, -0.2) is 28.1 Å². The van der Waals surface area contributed by atoms with Gasteiger partial charge in [0.1, 0.15) is 0 Å². The third-order valence-electron chi connectivity index (χ3n) is 4.35. The lowest BCUT2D eigenvalue weighted by Gasteiger charge is -2.18. The number of rotatable bonds is 4. The Balaban J connectivity index is 1.71. The number of nitrogens with zero attached hydrogens (tertiary/aromatic N) is 3. The minimum atomic E-state index is -0.215. The van der Waals surface area contributed by atoms with Crippen LogP contribution in [0.2, 0.25) is 10.0 Å². The Bertz CT molecular complexity index is 992. The Morgan fingerprint density at radius 3 is 2.32 bits per heavy atom. The van der Waals surface area contributed by atoms with Gasteiger partial charge in [-0.3, -0.25) is 4.79 Å². The highest BCUT2D eigenvalue weighted by Crippen LogP contribution is 2.26. The van der Waals surface area contributed by atoms with Crippen molar-refractivity contribution in [3.05, 3.63) is 69.5 Å². The maximum atomic E-state index is 12.6. The quantitative estimate of drug-likeness (QED) is 0.552. The minimum Gasteiger partial charge on any atom is -0.419 e. The fourth-order valence-electron chi connectivity index (χ4n) is 2.67. The first-order valence-corrected chi connectivity index (χ1v) is 9.54. The summed E-state index contributed by atoms with van der Waals surface area (Å²) >= 11 is 11.9. The number of carbonyl (C=O) groups is 1. The van der Waals surface area contributed by atoms with E-state index in [9.17, 15) is 4.79 Å². The Kier molecular flexibility index (Phi) is 5.77. The van der Waals surface area contributed by atoms with Crippen LogP contribution in [0.15, 0.2) is 46.9 Å². The Morgan fingerprint density at radius 2 is 1.71 bits per heavy atom. The van der Waals surface area contributed by atoms with E-state index in [1.165, 1.54) is 10.5 Å². The molecule has 0 spiro atoms. The predicted molar refractivity (Wildman–Crippen MR) is 111 cm³/mol. The van der Waals surface area contributed by atoms with Crippen molar-refractivity contribution in [2.45, 2.75) is 32.7 Å². The van der Waals surface area contributed by atoms with Crippen molar-refractivity contribution in [2.24, 2.45) is 0 Å². The Morgan fingerprint density at radius 1 is 1.04 bits per heavy atom. The van der Waals surface area contributed by atoms with Crippen LogP contribution in [0, 0.1) is 0 Å². The number of amides is 1. The maximum absolute atomic E-state index is 12.6. The summed E-state index contributed by atoms with van der Waals surface area (Å²) in [4.78, 5) is 14.0. The van der Waals surface area contributed by atoms with Crippen LogP contribution in [-0.2, 0) is 12.0 Å². The van der Waals surface area contributed by atoms with Gasteiger partial charge in [0.15, 0.2) is 0 Å². The zero-order chi connectivity index (χ0) is 20.5. The number of benzene rings is 2. The molecule has 0 N–H and O–H groups in total. The summed E-state index contributed by atoms with van der Waals surface area (Å²) in [6.45, 7) is 6.67. The van der Waals surface area contributed by atoms with E-state index < -0.39 is 0 Å². The number of hydrogen-bond donors (Lipinski definition) is 0. The molecule has 0 radical (unpaired) electrons. The average Bonchev–Trinajstić information content (AvgIpc) is 3.11. The van der Waals surface area contributed by atoms with Gasteiger partial charge in [0.25, 0.3) is 5.91 Å². The molecule has 0 aliphatic carbocycles. The molecule has 1 aromatic heterocycles.